The SMILES string of the molecule is COc1nccnc1NC(N)=O. The minimum atomic E-state index is -0.700. The van der Waals surface area contributed by atoms with Crippen LogP contribution < -0.4 is 15.8 Å². The summed E-state index contributed by atoms with van der Waals surface area (Å²) in [5.41, 5.74) is 4.87. The van der Waals surface area contributed by atoms with Gasteiger partial charge in [0.05, 0.1) is 7.11 Å². The summed E-state index contributed by atoms with van der Waals surface area (Å²) in [7, 11) is 1.43. The maximum absolute atomic E-state index is 10.4. The molecule has 6 nitrogen and oxygen atoms in total. The number of amides is 2. The smallest absolute Gasteiger partial charge is 0.317 e. The molecule has 1 heterocycles. The topological polar surface area (TPSA) is 90.1 Å². The maximum atomic E-state index is 10.4. The van der Waals surface area contributed by atoms with E-state index in [1.165, 1.54) is 19.5 Å². The van der Waals surface area contributed by atoms with Crippen molar-refractivity contribution in [2.75, 3.05) is 12.4 Å². The molecule has 0 bridgehead atoms. The number of aromatic nitrogens is 2. The number of methoxy groups -OCH3 is 1. The van der Waals surface area contributed by atoms with Gasteiger partial charge in [-0.3, -0.25) is 5.32 Å². The molecule has 0 fully saturated rings. The Morgan fingerprint density at radius 3 is 2.83 bits per heavy atom. The van der Waals surface area contributed by atoms with E-state index in [9.17, 15) is 4.79 Å². The molecule has 1 aromatic rings. The van der Waals surface area contributed by atoms with Crippen molar-refractivity contribution in [2.45, 2.75) is 0 Å². The molecule has 0 radical (unpaired) electrons. The molecule has 0 saturated carbocycles. The highest BCUT2D eigenvalue weighted by atomic mass is 16.5. The van der Waals surface area contributed by atoms with Gasteiger partial charge in [-0.1, -0.05) is 0 Å². The van der Waals surface area contributed by atoms with Crippen LogP contribution in [-0.2, 0) is 0 Å². The predicted octanol–water partition coefficient (Wildman–Crippen LogP) is -0.0242. The van der Waals surface area contributed by atoms with Crippen molar-refractivity contribution in [3.63, 3.8) is 0 Å². The number of hydrogen-bond acceptors (Lipinski definition) is 4. The van der Waals surface area contributed by atoms with Crippen LogP contribution in [0.3, 0.4) is 0 Å². The van der Waals surface area contributed by atoms with Crippen molar-refractivity contribution < 1.29 is 9.53 Å². The quantitative estimate of drug-likeness (QED) is 0.649. The zero-order valence-electron chi connectivity index (χ0n) is 6.44. The van der Waals surface area contributed by atoms with Gasteiger partial charge in [0.2, 0.25) is 0 Å². The molecular weight excluding hydrogens is 160 g/mol. The Morgan fingerprint density at radius 1 is 1.58 bits per heavy atom. The average molecular weight is 168 g/mol. The first-order chi connectivity index (χ1) is 5.74. The molecular formula is C6H8N4O2. The van der Waals surface area contributed by atoms with Crippen molar-refractivity contribution in [3.8, 4) is 5.88 Å². The van der Waals surface area contributed by atoms with E-state index in [-0.39, 0.29) is 11.7 Å². The number of nitrogens with zero attached hydrogens (tertiary/aromatic N) is 2. The molecule has 0 atom stereocenters. The summed E-state index contributed by atoms with van der Waals surface area (Å²) in [5, 5.41) is 2.26. The van der Waals surface area contributed by atoms with Crippen molar-refractivity contribution in [1.29, 1.82) is 0 Å². The summed E-state index contributed by atoms with van der Waals surface area (Å²) < 4.78 is 4.80. The lowest BCUT2D eigenvalue weighted by Gasteiger charge is -2.03. The number of rotatable bonds is 2. The van der Waals surface area contributed by atoms with Gasteiger partial charge in [-0.15, -0.1) is 0 Å². The van der Waals surface area contributed by atoms with E-state index in [4.69, 9.17) is 10.5 Å². The lowest BCUT2D eigenvalue weighted by Crippen LogP contribution is -2.20. The molecule has 0 saturated heterocycles. The number of nitrogens with one attached hydrogen (secondary N) is 1. The Morgan fingerprint density at radius 2 is 2.25 bits per heavy atom. The van der Waals surface area contributed by atoms with Crippen molar-refractivity contribution in [2.24, 2.45) is 5.73 Å². The van der Waals surface area contributed by atoms with Crippen LogP contribution in [0.1, 0.15) is 0 Å². The highest BCUT2D eigenvalue weighted by Gasteiger charge is 2.05. The summed E-state index contributed by atoms with van der Waals surface area (Å²) in [5.74, 6) is 0.448. The molecule has 0 aliphatic carbocycles. The summed E-state index contributed by atoms with van der Waals surface area (Å²) in [6.45, 7) is 0. The Hall–Kier alpha value is -1.85. The average Bonchev–Trinajstić information content (AvgIpc) is 2.04. The third-order valence-electron chi connectivity index (χ3n) is 1.10. The van der Waals surface area contributed by atoms with Crippen LogP contribution in [0.5, 0.6) is 5.88 Å². The van der Waals surface area contributed by atoms with Crippen LogP contribution in [0.15, 0.2) is 12.4 Å². The second-order valence-corrected chi connectivity index (χ2v) is 1.90. The minimum Gasteiger partial charge on any atom is -0.478 e. The van der Waals surface area contributed by atoms with Crippen molar-refractivity contribution in [1.82, 2.24) is 9.97 Å². The number of ether oxygens (including phenoxy) is 1. The molecule has 0 unspecified atom stereocenters. The number of anilines is 1. The van der Waals surface area contributed by atoms with Crippen molar-refractivity contribution in [3.05, 3.63) is 12.4 Å². The number of primary amides is 1. The lowest BCUT2D eigenvalue weighted by atomic mass is 10.6. The van der Waals surface area contributed by atoms with Gasteiger partial charge in [0.15, 0.2) is 5.82 Å². The monoisotopic (exact) mass is 168 g/mol. The first-order valence-electron chi connectivity index (χ1n) is 3.15. The van der Waals surface area contributed by atoms with Crippen LogP contribution >= 0.6 is 0 Å². The van der Waals surface area contributed by atoms with Crippen LogP contribution in [0.25, 0.3) is 0 Å². The normalized spacial score (nSPS) is 9.08. The van der Waals surface area contributed by atoms with Gasteiger partial charge in [-0.25, -0.2) is 14.8 Å². The third-order valence-corrected chi connectivity index (χ3v) is 1.10. The van der Waals surface area contributed by atoms with E-state index < -0.39 is 6.03 Å². The van der Waals surface area contributed by atoms with E-state index in [1.54, 1.807) is 0 Å². The fourth-order valence-corrected chi connectivity index (χ4v) is 0.677. The Balaban J connectivity index is 2.89. The summed E-state index contributed by atoms with van der Waals surface area (Å²) in [6, 6.07) is -0.700. The predicted molar refractivity (Wildman–Crippen MR) is 41.8 cm³/mol. The minimum absolute atomic E-state index is 0.215. The molecule has 0 aliphatic rings. The van der Waals surface area contributed by atoms with E-state index in [0.29, 0.717) is 0 Å². The number of carbonyl (C=O) groups excluding carboxylic acids is 1. The second kappa shape index (κ2) is 3.51. The van der Waals surface area contributed by atoms with Gasteiger partial charge in [0, 0.05) is 12.4 Å². The van der Waals surface area contributed by atoms with Gasteiger partial charge < -0.3 is 10.5 Å². The Bertz CT molecular complexity index is 289. The summed E-state index contributed by atoms with van der Waals surface area (Å²) in [6.07, 6.45) is 2.87. The van der Waals surface area contributed by atoms with Gasteiger partial charge in [-0.2, -0.15) is 0 Å². The molecule has 0 aliphatic heterocycles. The summed E-state index contributed by atoms with van der Waals surface area (Å²) in [4.78, 5) is 18.0. The van der Waals surface area contributed by atoms with E-state index in [2.05, 4.69) is 15.3 Å². The number of carbonyl (C=O) groups is 1. The van der Waals surface area contributed by atoms with Crippen LogP contribution in [0.4, 0.5) is 10.6 Å². The van der Waals surface area contributed by atoms with Gasteiger partial charge in [0.1, 0.15) is 0 Å². The van der Waals surface area contributed by atoms with Gasteiger partial charge >= 0.3 is 6.03 Å². The second-order valence-electron chi connectivity index (χ2n) is 1.90. The molecule has 1 aromatic heterocycles. The van der Waals surface area contributed by atoms with Crippen molar-refractivity contribution >= 4 is 11.8 Å². The zero-order chi connectivity index (χ0) is 8.97. The third kappa shape index (κ3) is 1.82. The standard InChI is InChI=1S/C6H8N4O2/c1-12-5-4(10-6(7)11)8-2-3-9-5/h2-3H,1H3,(H3,7,8,10,11). The first-order valence-corrected chi connectivity index (χ1v) is 3.15. The summed E-state index contributed by atoms with van der Waals surface area (Å²) >= 11 is 0. The molecule has 6 heteroatoms. The largest absolute Gasteiger partial charge is 0.478 e. The fourth-order valence-electron chi connectivity index (χ4n) is 0.677. The molecule has 1 rings (SSSR count). The number of nitrogens with two attached hydrogens (primary N) is 1. The highest BCUT2D eigenvalue weighted by Crippen LogP contribution is 2.15. The highest BCUT2D eigenvalue weighted by molar-refractivity contribution is 5.87. The fraction of sp³-hybridized carbons (Fsp3) is 0.167. The number of hydrogen-bond donors (Lipinski definition) is 2. The van der Waals surface area contributed by atoms with E-state index in [1.807, 2.05) is 0 Å². The zero-order valence-corrected chi connectivity index (χ0v) is 6.44. The molecule has 3 N–H and O–H groups in total. The molecule has 0 aromatic carbocycles. The molecule has 2 amide bonds. The number of urea groups is 1. The van der Waals surface area contributed by atoms with Crippen LogP contribution in [0, 0.1) is 0 Å². The molecule has 64 valence electrons. The van der Waals surface area contributed by atoms with Crippen LogP contribution in [0.2, 0.25) is 0 Å². The van der Waals surface area contributed by atoms with Gasteiger partial charge in [-0.05, 0) is 0 Å². The van der Waals surface area contributed by atoms with Crippen LogP contribution in [-0.4, -0.2) is 23.1 Å². The molecule has 0 spiro atoms. The maximum Gasteiger partial charge on any atom is 0.317 e. The first kappa shape index (κ1) is 8.25. The van der Waals surface area contributed by atoms with E-state index in [0.717, 1.165) is 0 Å². The van der Waals surface area contributed by atoms with E-state index >= 15 is 0 Å². The Kier molecular flexibility index (Phi) is 2.42. The lowest BCUT2D eigenvalue weighted by molar-refractivity contribution is 0.259. The Labute approximate surface area is 68.8 Å². The molecule has 12 heavy (non-hydrogen) atoms. The van der Waals surface area contributed by atoms with Gasteiger partial charge in [0.25, 0.3) is 5.88 Å².